The van der Waals surface area contributed by atoms with Crippen molar-refractivity contribution >= 4 is 15.9 Å². The van der Waals surface area contributed by atoms with Gasteiger partial charge in [-0.3, -0.25) is 4.57 Å². The molecule has 0 spiro atoms. The number of halogens is 1. The zero-order chi connectivity index (χ0) is 16.9. The monoisotopic (exact) mass is 390 g/mol. The summed E-state index contributed by atoms with van der Waals surface area (Å²) in [6, 6.07) is 13.1. The van der Waals surface area contributed by atoms with Crippen molar-refractivity contribution in [1.29, 1.82) is 0 Å². The topological polar surface area (TPSA) is 76.7 Å². The van der Waals surface area contributed by atoms with Crippen LogP contribution in [0.3, 0.4) is 0 Å². The Morgan fingerprint density at radius 2 is 1.67 bits per heavy atom. The number of aliphatic hydroxyl groups is 2. The van der Waals surface area contributed by atoms with Gasteiger partial charge in [0.25, 0.3) is 0 Å². The molecule has 2 N–H and O–H groups in total. The SMILES string of the molecule is OCOc1ccc(-c2cncn2-c2ccc(Br)cc2)cc1OCO. The quantitative estimate of drug-likeness (QED) is 0.632. The Hall–Kier alpha value is -2.35. The molecular formula is C17H15BrN2O4. The van der Waals surface area contributed by atoms with Crippen LogP contribution in [-0.4, -0.2) is 33.4 Å². The highest BCUT2D eigenvalue weighted by molar-refractivity contribution is 9.10. The van der Waals surface area contributed by atoms with Gasteiger partial charge in [-0.05, 0) is 42.5 Å². The molecule has 0 fully saturated rings. The first-order valence-corrected chi connectivity index (χ1v) is 7.92. The summed E-state index contributed by atoms with van der Waals surface area (Å²) in [6.45, 7) is -0.963. The summed E-state index contributed by atoms with van der Waals surface area (Å²) in [5, 5.41) is 18.0. The van der Waals surface area contributed by atoms with Crippen molar-refractivity contribution in [2.24, 2.45) is 0 Å². The zero-order valence-corrected chi connectivity index (χ0v) is 14.2. The van der Waals surface area contributed by atoms with Gasteiger partial charge in [-0.2, -0.15) is 0 Å². The highest BCUT2D eigenvalue weighted by Crippen LogP contribution is 2.33. The number of aromatic nitrogens is 2. The van der Waals surface area contributed by atoms with E-state index in [4.69, 9.17) is 19.7 Å². The second-order valence-electron chi connectivity index (χ2n) is 4.83. The van der Waals surface area contributed by atoms with Crippen molar-refractivity contribution in [3.05, 3.63) is 59.5 Å². The first kappa shape index (κ1) is 16.5. The molecule has 0 bridgehead atoms. The molecule has 3 rings (SSSR count). The van der Waals surface area contributed by atoms with E-state index in [0.29, 0.717) is 11.5 Å². The van der Waals surface area contributed by atoms with Gasteiger partial charge in [0.15, 0.2) is 25.1 Å². The molecule has 0 saturated carbocycles. The highest BCUT2D eigenvalue weighted by atomic mass is 79.9. The summed E-state index contributed by atoms with van der Waals surface area (Å²) in [7, 11) is 0. The third kappa shape index (κ3) is 3.43. The molecule has 0 amide bonds. The van der Waals surface area contributed by atoms with Crippen LogP contribution in [0.2, 0.25) is 0 Å². The minimum absolute atomic E-state index is 0.340. The van der Waals surface area contributed by atoms with Crippen LogP contribution in [0.4, 0.5) is 0 Å². The average molecular weight is 391 g/mol. The van der Waals surface area contributed by atoms with E-state index in [1.165, 1.54) is 0 Å². The molecule has 0 aliphatic rings. The molecule has 0 aliphatic carbocycles. The maximum Gasteiger partial charge on any atom is 0.186 e. The molecule has 7 heteroatoms. The summed E-state index contributed by atoms with van der Waals surface area (Å²) in [5.74, 6) is 0.692. The Morgan fingerprint density at radius 3 is 2.38 bits per heavy atom. The lowest BCUT2D eigenvalue weighted by Crippen LogP contribution is -2.02. The fourth-order valence-electron chi connectivity index (χ4n) is 2.35. The smallest absolute Gasteiger partial charge is 0.186 e. The maximum atomic E-state index is 9.03. The number of hydrogen-bond acceptors (Lipinski definition) is 5. The van der Waals surface area contributed by atoms with Crippen molar-refractivity contribution in [2.75, 3.05) is 13.6 Å². The van der Waals surface area contributed by atoms with E-state index in [2.05, 4.69) is 20.9 Å². The predicted octanol–water partition coefficient (Wildman–Crippen LogP) is 2.96. The molecule has 6 nitrogen and oxygen atoms in total. The Bertz CT molecular complexity index is 818. The van der Waals surface area contributed by atoms with Crippen molar-refractivity contribution in [3.8, 4) is 28.4 Å². The molecular weight excluding hydrogens is 376 g/mol. The third-order valence-corrected chi connectivity index (χ3v) is 3.95. The number of ether oxygens (including phenoxy) is 2. The molecule has 1 heterocycles. The lowest BCUT2D eigenvalue weighted by Gasteiger charge is -2.13. The van der Waals surface area contributed by atoms with Crippen LogP contribution in [0.15, 0.2) is 59.5 Å². The number of hydrogen-bond donors (Lipinski definition) is 2. The Labute approximate surface area is 147 Å². The minimum Gasteiger partial charge on any atom is -0.464 e. The largest absolute Gasteiger partial charge is 0.464 e. The van der Waals surface area contributed by atoms with Crippen LogP contribution < -0.4 is 9.47 Å². The van der Waals surface area contributed by atoms with E-state index in [9.17, 15) is 0 Å². The van der Waals surface area contributed by atoms with Crippen LogP contribution in [0.5, 0.6) is 11.5 Å². The van der Waals surface area contributed by atoms with Crippen LogP contribution in [-0.2, 0) is 0 Å². The molecule has 2 aromatic carbocycles. The number of benzene rings is 2. The second-order valence-corrected chi connectivity index (χ2v) is 5.75. The van der Waals surface area contributed by atoms with E-state index in [-0.39, 0.29) is 0 Å². The normalized spacial score (nSPS) is 10.6. The van der Waals surface area contributed by atoms with Crippen LogP contribution >= 0.6 is 15.9 Å². The summed E-state index contributed by atoms with van der Waals surface area (Å²) in [4.78, 5) is 4.22. The van der Waals surface area contributed by atoms with Crippen molar-refractivity contribution < 1.29 is 19.7 Å². The van der Waals surface area contributed by atoms with E-state index in [1.807, 2.05) is 34.9 Å². The Morgan fingerprint density at radius 1 is 0.958 bits per heavy atom. The zero-order valence-electron chi connectivity index (χ0n) is 12.6. The van der Waals surface area contributed by atoms with Gasteiger partial charge in [0.1, 0.15) is 0 Å². The van der Waals surface area contributed by atoms with E-state index < -0.39 is 13.6 Å². The molecule has 0 radical (unpaired) electrons. The van der Waals surface area contributed by atoms with Gasteiger partial charge < -0.3 is 19.7 Å². The lowest BCUT2D eigenvalue weighted by molar-refractivity contribution is 0.0744. The van der Waals surface area contributed by atoms with Crippen LogP contribution in [0, 0.1) is 0 Å². The molecule has 1 aromatic heterocycles. The second kappa shape index (κ2) is 7.48. The summed E-state index contributed by atoms with van der Waals surface area (Å²) >= 11 is 3.42. The molecule has 124 valence electrons. The van der Waals surface area contributed by atoms with Gasteiger partial charge >= 0.3 is 0 Å². The summed E-state index contributed by atoms with van der Waals surface area (Å²) in [5.41, 5.74) is 2.66. The van der Waals surface area contributed by atoms with E-state index in [0.717, 1.165) is 21.4 Å². The van der Waals surface area contributed by atoms with Gasteiger partial charge in [0.2, 0.25) is 0 Å². The first-order valence-electron chi connectivity index (χ1n) is 7.13. The predicted molar refractivity (Wildman–Crippen MR) is 92.1 cm³/mol. The van der Waals surface area contributed by atoms with Crippen molar-refractivity contribution in [3.63, 3.8) is 0 Å². The van der Waals surface area contributed by atoms with Crippen LogP contribution in [0.25, 0.3) is 16.9 Å². The molecule has 0 saturated heterocycles. The number of rotatable bonds is 6. The molecule has 0 unspecified atom stereocenters. The van der Waals surface area contributed by atoms with Crippen LogP contribution in [0.1, 0.15) is 0 Å². The fraction of sp³-hybridized carbons (Fsp3) is 0.118. The van der Waals surface area contributed by atoms with E-state index in [1.54, 1.807) is 24.7 Å². The fourth-order valence-corrected chi connectivity index (χ4v) is 2.62. The van der Waals surface area contributed by atoms with Crippen molar-refractivity contribution in [1.82, 2.24) is 9.55 Å². The minimum atomic E-state index is -0.489. The Kier molecular flexibility index (Phi) is 5.14. The average Bonchev–Trinajstić information content (AvgIpc) is 3.07. The maximum absolute atomic E-state index is 9.03. The lowest BCUT2D eigenvalue weighted by atomic mass is 10.1. The highest BCUT2D eigenvalue weighted by Gasteiger charge is 2.12. The van der Waals surface area contributed by atoms with Crippen molar-refractivity contribution in [2.45, 2.75) is 0 Å². The molecule has 24 heavy (non-hydrogen) atoms. The summed E-state index contributed by atoms with van der Waals surface area (Å²) < 4.78 is 13.2. The Balaban J connectivity index is 2.02. The summed E-state index contributed by atoms with van der Waals surface area (Å²) in [6.07, 6.45) is 3.47. The molecule has 0 atom stereocenters. The van der Waals surface area contributed by atoms with Gasteiger partial charge in [0, 0.05) is 15.7 Å². The molecule has 3 aromatic rings. The molecule has 0 aliphatic heterocycles. The number of aliphatic hydroxyl groups excluding tert-OH is 2. The van der Waals surface area contributed by atoms with Gasteiger partial charge in [-0.15, -0.1) is 0 Å². The van der Waals surface area contributed by atoms with Gasteiger partial charge in [0.05, 0.1) is 18.2 Å². The van der Waals surface area contributed by atoms with Gasteiger partial charge in [-0.1, -0.05) is 15.9 Å². The number of nitrogens with zero attached hydrogens (tertiary/aromatic N) is 2. The first-order chi connectivity index (χ1) is 11.7. The van der Waals surface area contributed by atoms with E-state index >= 15 is 0 Å². The third-order valence-electron chi connectivity index (χ3n) is 3.42. The standard InChI is InChI=1S/C17H15BrN2O4/c18-13-2-4-14(5-3-13)20-9-19-8-15(20)12-1-6-16(23-10-21)17(7-12)24-11-22/h1-9,21-22H,10-11H2. The van der Waals surface area contributed by atoms with Gasteiger partial charge in [-0.25, -0.2) is 4.98 Å². The number of imidazole rings is 1.